The maximum Gasteiger partial charge on any atom is 0.253 e. The van der Waals surface area contributed by atoms with Gasteiger partial charge in [0, 0.05) is 48.2 Å². The van der Waals surface area contributed by atoms with Crippen molar-refractivity contribution in [3.8, 4) is 11.5 Å². The van der Waals surface area contributed by atoms with Gasteiger partial charge in [0.25, 0.3) is 5.91 Å². The van der Waals surface area contributed by atoms with Crippen molar-refractivity contribution in [3.63, 3.8) is 0 Å². The first-order valence-corrected chi connectivity index (χ1v) is 10.1. The van der Waals surface area contributed by atoms with E-state index in [0.717, 1.165) is 75.5 Å². The number of piperidine rings is 1. The molecule has 0 atom stereocenters. The summed E-state index contributed by atoms with van der Waals surface area (Å²) in [4.78, 5) is 14.7. The minimum Gasteiger partial charge on any atom is -0.493 e. The van der Waals surface area contributed by atoms with Gasteiger partial charge in [-0.15, -0.1) is 0 Å². The Morgan fingerprint density at radius 3 is 2.63 bits per heavy atom. The van der Waals surface area contributed by atoms with E-state index in [1.807, 2.05) is 35.2 Å². The average Bonchev–Trinajstić information content (AvgIpc) is 3.38. The van der Waals surface area contributed by atoms with Gasteiger partial charge in [0.1, 0.15) is 11.5 Å². The maximum atomic E-state index is 12.7. The fourth-order valence-corrected chi connectivity index (χ4v) is 4.69. The van der Waals surface area contributed by atoms with Crippen molar-refractivity contribution in [2.24, 2.45) is 5.92 Å². The third-order valence-corrected chi connectivity index (χ3v) is 6.18. The van der Waals surface area contributed by atoms with E-state index in [-0.39, 0.29) is 5.91 Å². The van der Waals surface area contributed by atoms with Gasteiger partial charge >= 0.3 is 0 Å². The molecule has 0 unspecified atom stereocenters. The number of likely N-dealkylation sites (tertiary alicyclic amines) is 1. The van der Waals surface area contributed by atoms with Crippen LogP contribution in [-0.4, -0.2) is 37.1 Å². The molecule has 1 fully saturated rings. The molecule has 140 valence electrons. The summed E-state index contributed by atoms with van der Waals surface area (Å²) in [5.41, 5.74) is 4.84. The molecule has 0 radical (unpaired) electrons. The molecule has 4 heteroatoms. The maximum absolute atomic E-state index is 12.7. The van der Waals surface area contributed by atoms with Crippen molar-refractivity contribution in [1.82, 2.24) is 4.90 Å². The topological polar surface area (TPSA) is 38.8 Å². The molecule has 4 nitrogen and oxygen atoms in total. The molecule has 0 N–H and O–H groups in total. The van der Waals surface area contributed by atoms with Crippen LogP contribution in [0.5, 0.6) is 11.5 Å². The van der Waals surface area contributed by atoms with Gasteiger partial charge in [-0.05, 0) is 43.4 Å². The minimum absolute atomic E-state index is 0.160. The third-order valence-electron chi connectivity index (χ3n) is 6.18. The molecule has 2 aromatic carbocycles. The number of carbonyl (C=O) groups excluding carboxylic acids is 1. The Hall–Kier alpha value is -2.49. The lowest BCUT2D eigenvalue weighted by Crippen LogP contribution is -2.39. The summed E-state index contributed by atoms with van der Waals surface area (Å²) >= 11 is 0. The molecule has 0 saturated carbocycles. The lowest BCUT2D eigenvalue weighted by molar-refractivity contribution is 0.0690. The molecule has 27 heavy (non-hydrogen) atoms. The van der Waals surface area contributed by atoms with E-state index in [1.54, 1.807) is 0 Å². The summed E-state index contributed by atoms with van der Waals surface area (Å²) in [5.74, 6) is 2.96. The van der Waals surface area contributed by atoms with E-state index in [4.69, 9.17) is 9.47 Å². The van der Waals surface area contributed by atoms with Crippen molar-refractivity contribution in [1.29, 1.82) is 0 Å². The van der Waals surface area contributed by atoms with Crippen LogP contribution in [0.3, 0.4) is 0 Å². The first-order valence-electron chi connectivity index (χ1n) is 10.1. The molecule has 5 rings (SSSR count). The number of carbonyl (C=O) groups is 1. The van der Waals surface area contributed by atoms with Crippen molar-refractivity contribution >= 4 is 5.91 Å². The highest BCUT2D eigenvalue weighted by Crippen LogP contribution is 2.42. The smallest absolute Gasteiger partial charge is 0.253 e. The van der Waals surface area contributed by atoms with Gasteiger partial charge in [-0.1, -0.05) is 18.2 Å². The number of ether oxygens (including phenoxy) is 2. The van der Waals surface area contributed by atoms with Crippen LogP contribution in [0, 0.1) is 5.92 Å². The van der Waals surface area contributed by atoms with Crippen LogP contribution >= 0.6 is 0 Å². The molecule has 3 aliphatic rings. The van der Waals surface area contributed by atoms with Crippen molar-refractivity contribution in [2.75, 3.05) is 26.3 Å². The zero-order valence-electron chi connectivity index (χ0n) is 15.6. The summed E-state index contributed by atoms with van der Waals surface area (Å²) in [5, 5.41) is 0. The summed E-state index contributed by atoms with van der Waals surface area (Å²) in [7, 11) is 0. The average molecular weight is 363 g/mol. The first-order chi connectivity index (χ1) is 13.3. The fraction of sp³-hybridized carbons (Fsp3) is 0.435. The second-order valence-electron chi connectivity index (χ2n) is 7.82. The van der Waals surface area contributed by atoms with Crippen molar-refractivity contribution in [3.05, 3.63) is 58.7 Å². The van der Waals surface area contributed by atoms with Crippen LogP contribution in [0.15, 0.2) is 36.4 Å². The Labute approximate surface area is 160 Å². The SMILES string of the molecule is O=C(c1ccccc1)N1CCC(Cc2c3c(cc4c2OCC4)OCC3)CC1. The Morgan fingerprint density at radius 2 is 1.81 bits per heavy atom. The lowest BCUT2D eigenvalue weighted by atomic mass is 9.86. The Kier molecular flexibility index (Phi) is 4.27. The van der Waals surface area contributed by atoms with Crippen LogP contribution in [0.25, 0.3) is 0 Å². The summed E-state index contributed by atoms with van der Waals surface area (Å²) in [6, 6.07) is 11.8. The van der Waals surface area contributed by atoms with Gasteiger partial charge in [0.15, 0.2) is 0 Å². The molecule has 3 heterocycles. The second kappa shape index (κ2) is 6.91. The van der Waals surface area contributed by atoms with E-state index < -0.39 is 0 Å². The zero-order valence-corrected chi connectivity index (χ0v) is 15.6. The number of hydrogen-bond donors (Lipinski definition) is 0. The van der Waals surface area contributed by atoms with Gasteiger partial charge in [0.2, 0.25) is 0 Å². The highest BCUT2D eigenvalue weighted by atomic mass is 16.5. The first kappa shape index (κ1) is 16.7. The fourth-order valence-electron chi connectivity index (χ4n) is 4.69. The molecule has 3 aliphatic heterocycles. The standard InChI is InChI=1S/C23H25NO3/c25-23(17-4-2-1-3-5-17)24-10-6-16(7-11-24)14-20-19-9-13-26-21(19)15-18-8-12-27-22(18)20/h1-5,15-16H,6-14H2. The molecule has 0 spiro atoms. The highest BCUT2D eigenvalue weighted by molar-refractivity contribution is 5.94. The van der Waals surface area contributed by atoms with Crippen molar-refractivity contribution in [2.45, 2.75) is 32.1 Å². The number of amides is 1. The van der Waals surface area contributed by atoms with E-state index in [2.05, 4.69) is 6.07 Å². The van der Waals surface area contributed by atoms with Crippen molar-refractivity contribution < 1.29 is 14.3 Å². The lowest BCUT2D eigenvalue weighted by Gasteiger charge is -2.32. The predicted molar refractivity (Wildman–Crippen MR) is 104 cm³/mol. The zero-order chi connectivity index (χ0) is 18.2. The van der Waals surface area contributed by atoms with E-state index in [9.17, 15) is 4.79 Å². The molecule has 0 aromatic heterocycles. The molecule has 0 aliphatic carbocycles. The van der Waals surface area contributed by atoms with Crippen LogP contribution < -0.4 is 9.47 Å². The number of benzene rings is 2. The number of hydrogen-bond acceptors (Lipinski definition) is 3. The van der Waals surface area contributed by atoms with E-state index in [1.165, 1.54) is 16.7 Å². The largest absolute Gasteiger partial charge is 0.493 e. The molecule has 2 aromatic rings. The third kappa shape index (κ3) is 3.07. The molecule has 0 bridgehead atoms. The molecular weight excluding hydrogens is 338 g/mol. The van der Waals surface area contributed by atoms with E-state index >= 15 is 0 Å². The van der Waals surface area contributed by atoms with Gasteiger partial charge in [-0.2, -0.15) is 0 Å². The van der Waals surface area contributed by atoms with Crippen LogP contribution in [0.2, 0.25) is 0 Å². The van der Waals surface area contributed by atoms with Crippen LogP contribution in [0.4, 0.5) is 0 Å². The van der Waals surface area contributed by atoms with Gasteiger partial charge in [-0.25, -0.2) is 0 Å². The van der Waals surface area contributed by atoms with E-state index in [0.29, 0.717) is 5.92 Å². The predicted octanol–water partition coefficient (Wildman–Crippen LogP) is 3.65. The second-order valence-corrected chi connectivity index (χ2v) is 7.82. The van der Waals surface area contributed by atoms with Gasteiger partial charge in [0.05, 0.1) is 13.2 Å². The quantitative estimate of drug-likeness (QED) is 0.836. The number of rotatable bonds is 3. The van der Waals surface area contributed by atoms with Crippen LogP contribution in [0.1, 0.15) is 39.9 Å². The minimum atomic E-state index is 0.160. The highest BCUT2D eigenvalue weighted by Gasteiger charge is 2.30. The number of nitrogens with zero attached hydrogens (tertiary/aromatic N) is 1. The molecule has 1 saturated heterocycles. The normalized spacial score (nSPS) is 18.6. The summed E-state index contributed by atoms with van der Waals surface area (Å²) in [6.45, 7) is 3.25. The Morgan fingerprint density at radius 1 is 1.04 bits per heavy atom. The van der Waals surface area contributed by atoms with Gasteiger partial charge < -0.3 is 14.4 Å². The molecule has 1 amide bonds. The van der Waals surface area contributed by atoms with Crippen LogP contribution in [-0.2, 0) is 19.3 Å². The Bertz CT molecular complexity index is 821. The molecular formula is C23H25NO3. The Balaban J connectivity index is 1.29. The van der Waals surface area contributed by atoms with Gasteiger partial charge in [-0.3, -0.25) is 4.79 Å². The number of fused-ring (bicyclic) bond motifs is 2. The summed E-state index contributed by atoms with van der Waals surface area (Å²) < 4.78 is 11.8. The summed E-state index contributed by atoms with van der Waals surface area (Å²) in [6.07, 6.45) is 5.13. The monoisotopic (exact) mass is 363 g/mol.